The number of nitrogens with zero attached hydrogens (tertiary/aromatic N) is 1. The Bertz CT molecular complexity index is 341. The molecule has 0 radical (unpaired) electrons. The van der Waals surface area contributed by atoms with Crippen LogP contribution in [0.3, 0.4) is 0 Å². The second kappa shape index (κ2) is 6.23. The Balaban J connectivity index is 2.51. The molecule has 1 saturated carbocycles. The lowest BCUT2D eigenvalue weighted by Gasteiger charge is -2.23. The lowest BCUT2D eigenvalue weighted by molar-refractivity contribution is -0.137. The molecule has 3 N–H and O–H groups in total. The number of carboxylic acids is 1. The first-order valence-corrected chi connectivity index (χ1v) is 5.93. The minimum atomic E-state index is -1.06. The largest absolute Gasteiger partial charge is 0.480 e. The number of carbonyl (C=O) groups excluding carboxylic acids is 2. The molecule has 18 heavy (non-hydrogen) atoms. The van der Waals surface area contributed by atoms with Gasteiger partial charge in [-0.3, -0.25) is 9.59 Å². The SMILES string of the molecule is CNC(=O)C(C)NC(=O)N(CC(=O)O)CC1CC1. The van der Waals surface area contributed by atoms with Crippen LogP contribution in [-0.4, -0.2) is 54.1 Å². The molecule has 1 rings (SSSR count). The van der Waals surface area contributed by atoms with Crippen LogP contribution < -0.4 is 10.6 Å². The molecule has 0 spiro atoms. The number of aliphatic carboxylic acids is 1. The standard InChI is InChI=1S/C11H19N3O4/c1-7(10(17)12-2)13-11(18)14(6-9(15)16)5-8-3-4-8/h7-8H,3-6H2,1-2H3,(H,12,17)(H,13,18)(H,15,16). The minimum Gasteiger partial charge on any atom is -0.480 e. The summed E-state index contributed by atoms with van der Waals surface area (Å²) in [6.07, 6.45) is 2.04. The Hall–Kier alpha value is -1.79. The molecular formula is C11H19N3O4. The van der Waals surface area contributed by atoms with Crippen LogP contribution in [0.15, 0.2) is 0 Å². The van der Waals surface area contributed by atoms with Crippen LogP contribution in [0.2, 0.25) is 0 Å². The van der Waals surface area contributed by atoms with E-state index in [0.717, 1.165) is 12.8 Å². The average molecular weight is 257 g/mol. The molecule has 0 aromatic heterocycles. The highest BCUT2D eigenvalue weighted by molar-refractivity contribution is 5.87. The number of carboxylic acid groups (broad SMARTS) is 1. The summed E-state index contributed by atoms with van der Waals surface area (Å²) < 4.78 is 0. The van der Waals surface area contributed by atoms with Gasteiger partial charge in [0, 0.05) is 13.6 Å². The maximum absolute atomic E-state index is 11.8. The third-order valence-electron chi connectivity index (χ3n) is 2.77. The normalized spacial score (nSPS) is 15.7. The molecule has 0 bridgehead atoms. The predicted molar refractivity (Wildman–Crippen MR) is 64.0 cm³/mol. The highest BCUT2D eigenvalue weighted by atomic mass is 16.4. The molecule has 0 heterocycles. The van der Waals surface area contributed by atoms with Gasteiger partial charge in [0.15, 0.2) is 0 Å². The fourth-order valence-corrected chi connectivity index (χ4v) is 1.55. The van der Waals surface area contributed by atoms with Gasteiger partial charge in [-0.1, -0.05) is 0 Å². The maximum atomic E-state index is 11.8. The van der Waals surface area contributed by atoms with E-state index >= 15 is 0 Å². The summed E-state index contributed by atoms with van der Waals surface area (Å²) in [6.45, 7) is 1.63. The number of hydrogen-bond acceptors (Lipinski definition) is 3. The fraction of sp³-hybridized carbons (Fsp3) is 0.727. The van der Waals surface area contributed by atoms with Crippen LogP contribution in [-0.2, 0) is 9.59 Å². The third kappa shape index (κ3) is 4.60. The van der Waals surface area contributed by atoms with E-state index in [-0.39, 0.29) is 12.5 Å². The molecule has 1 fully saturated rings. The summed E-state index contributed by atoms with van der Waals surface area (Å²) in [5, 5.41) is 13.6. The molecule has 102 valence electrons. The quantitative estimate of drug-likeness (QED) is 0.604. The maximum Gasteiger partial charge on any atom is 0.323 e. The van der Waals surface area contributed by atoms with E-state index in [2.05, 4.69) is 10.6 Å². The van der Waals surface area contributed by atoms with Gasteiger partial charge < -0.3 is 20.6 Å². The number of rotatable bonds is 6. The summed E-state index contributed by atoms with van der Waals surface area (Å²) in [6, 6.07) is -1.20. The zero-order chi connectivity index (χ0) is 13.7. The van der Waals surface area contributed by atoms with Crippen molar-refractivity contribution in [3.05, 3.63) is 0 Å². The van der Waals surface area contributed by atoms with Crippen molar-refractivity contribution in [1.82, 2.24) is 15.5 Å². The fourth-order valence-electron chi connectivity index (χ4n) is 1.55. The van der Waals surface area contributed by atoms with Gasteiger partial charge >= 0.3 is 12.0 Å². The summed E-state index contributed by atoms with van der Waals surface area (Å²) >= 11 is 0. The van der Waals surface area contributed by atoms with E-state index in [4.69, 9.17) is 5.11 Å². The van der Waals surface area contributed by atoms with E-state index in [1.807, 2.05) is 0 Å². The second-order valence-corrected chi connectivity index (χ2v) is 4.50. The van der Waals surface area contributed by atoms with Crippen molar-refractivity contribution in [2.45, 2.75) is 25.8 Å². The predicted octanol–water partition coefficient (Wildman–Crippen LogP) is -0.373. The first-order chi connectivity index (χ1) is 8.43. The monoisotopic (exact) mass is 257 g/mol. The van der Waals surface area contributed by atoms with Gasteiger partial charge in [-0.15, -0.1) is 0 Å². The van der Waals surface area contributed by atoms with Crippen LogP contribution in [0, 0.1) is 5.92 Å². The number of amides is 3. The van der Waals surface area contributed by atoms with Crippen LogP contribution in [0.4, 0.5) is 4.79 Å². The molecule has 1 unspecified atom stereocenters. The number of carbonyl (C=O) groups is 3. The first-order valence-electron chi connectivity index (χ1n) is 5.93. The molecule has 1 atom stereocenters. The Labute approximate surface area is 106 Å². The Morgan fingerprint density at radius 2 is 2.00 bits per heavy atom. The van der Waals surface area contributed by atoms with Crippen LogP contribution >= 0.6 is 0 Å². The molecule has 0 aromatic rings. The Morgan fingerprint density at radius 3 is 2.44 bits per heavy atom. The number of nitrogens with one attached hydrogen (secondary N) is 2. The van der Waals surface area contributed by atoms with Gasteiger partial charge in [0.25, 0.3) is 0 Å². The highest BCUT2D eigenvalue weighted by Crippen LogP contribution is 2.29. The van der Waals surface area contributed by atoms with Gasteiger partial charge in [0.1, 0.15) is 12.6 Å². The van der Waals surface area contributed by atoms with E-state index in [1.54, 1.807) is 6.92 Å². The molecule has 1 aliphatic carbocycles. The highest BCUT2D eigenvalue weighted by Gasteiger charge is 2.29. The summed E-state index contributed by atoms with van der Waals surface area (Å²) in [5.41, 5.74) is 0. The Morgan fingerprint density at radius 1 is 1.39 bits per heavy atom. The zero-order valence-electron chi connectivity index (χ0n) is 10.6. The number of hydrogen-bond donors (Lipinski definition) is 3. The molecule has 7 nitrogen and oxygen atoms in total. The van der Waals surface area contributed by atoms with Crippen molar-refractivity contribution < 1.29 is 19.5 Å². The topological polar surface area (TPSA) is 98.7 Å². The summed E-state index contributed by atoms with van der Waals surface area (Å²) in [4.78, 5) is 35.0. The molecule has 7 heteroatoms. The number of likely N-dealkylation sites (N-methyl/N-ethyl adjacent to an activating group) is 1. The van der Waals surface area contributed by atoms with E-state index in [0.29, 0.717) is 12.5 Å². The smallest absolute Gasteiger partial charge is 0.323 e. The zero-order valence-corrected chi connectivity index (χ0v) is 10.6. The van der Waals surface area contributed by atoms with Crippen LogP contribution in [0.5, 0.6) is 0 Å². The van der Waals surface area contributed by atoms with Crippen LogP contribution in [0.1, 0.15) is 19.8 Å². The van der Waals surface area contributed by atoms with Gasteiger partial charge in [0.2, 0.25) is 5.91 Å². The van der Waals surface area contributed by atoms with Crippen molar-refractivity contribution in [3.63, 3.8) is 0 Å². The van der Waals surface area contributed by atoms with Crippen LogP contribution in [0.25, 0.3) is 0 Å². The summed E-state index contributed by atoms with van der Waals surface area (Å²) in [7, 11) is 1.48. The minimum absolute atomic E-state index is 0.315. The Kier molecular flexibility index (Phi) is 4.94. The average Bonchev–Trinajstić information content (AvgIpc) is 3.10. The van der Waals surface area contributed by atoms with E-state index < -0.39 is 18.0 Å². The van der Waals surface area contributed by atoms with Gasteiger partial charge in [-0.25, -0.2) is 4.79 Å². The lowest BCUT2D eigenvalue weighted by Crippen LogP contribution is -2.50. The van der Waals surface area contributed by atoms with E-state index in [9.17, 15) is 14.4 Å². The summed E-state index contributed by atoms with van der Waals surface area (Å²) in [5.74, 6) is -0.978. The molecule has 0 aliphatic heterocycles. The van der Waals surface area contributed by atoms with E-state index in [1.165, 1.54) is 11.9 Å². The van der Waals surface area contributed by atoms with Crippen molar-refractivity contribution in [2.75, 3.05) is 20.1 Å². The van der Waals surface area contributed by atoms with Crippen molar-refractivity contribution in [2.24, 2.45) is 5.92 Å². The van der Waals surface area contributed by atoms with Gasteiger partial charge in [-0.2, -0.15) is 0 Å². The molecule has 0 aromatic carbocycles. The molecule has 3 amide bonds. The van der Waals surface area contributed by atoms with Gasteiger partial charge in [0.05, 0.1) is 0 Å². The van der Waals surface area contributed by atoms with Crippen molar-refractivity contribution in [3.8, 4) is 0 Å². The molecule has 1 aliphatic rings. The van der Waals surface area contributed by atoms with Crippen molar-refractivity contribution >= 4 is 17.9 Å². The second-order valence-electron chi connectivity index (χ2n) is 4.50. The lowest BCUT2D eigenvalue weighted by atomic mass is 10.3. The van der Waals surface area contributed by atoms with Gasteiger partial charge in [-0.05, 0) is 25.7 Å². The third-order valence-corrected chi connectivity index (χ3v) is 2.77. The molecular weight excluding hydrogens is 238 g/mol. The van der Waals surface area contributed by atoms with Crippen molar-refractivity contribution in [1.29, 1.82) is 0 Å². The number of urea groups is 1. The first kappa shape index (κ1) is 14.3. The molecule has 0 saturated heterocycles.